The number of aliphatic hydroxyl groups excluding tert-OH is 1. The Balaban J connectivity index is 2.49. The number of allylic oxidation sites excluding steroid dienone is 1. The van der Waals surface area contributed by atoms with E-state index in [1.165, 1.54) is 6.07 Å². The smallest absolute Gasteiger partial charge is 0.336 e. The van der Waals surface area contributed by atoms with E-state index in [0.717, 1.165) is 11.0 Å². The average molecular weight is 314 g/mol. The van der Waals surface area contributed by atoms with Crippen molar-refractivity contribution < 1.29 is 14.3 Å². The van der Waals surface area contributed by atoms with Crippen molar-refractivity contribution >= 4 is 11.0 Å². The molecule has 0 aliphatic carbocycles. The van der Waals surface area contributed by atoms with E-state index in [9.17, 15) is 9.90 Å². The molecule has 4 nitrogen and oxygen atoms in total. The number of ether oxygens (including phenoxy) is 1. The van der Waals surface area contributed by atoms with Crippen molar-refractivity contribution in [3.8, 4) is 5.75 Å². The summed E-state index contributed by atoms with van der Waals surface area (Å²) in [5.74, 6) is 0.602. The maximum absolute atomic E-state index is 11.6. The van der Waals surface area contributed by atoms with Gasteiger partial charge >= 0.3 is 5.63 Å². The molecule has 0 saturated heterocycles. The first-order chi connectivity index (χ1) is 10.9. The molecule has 4 heteroatoms. The van der Waals surface area contributed by atoms with E-state index in [0.29, 0.717) is 29.1 Å². The van der Waals surface area contributed by atoms with E-state index in [1.54, 1.807) is 13.0 Å². The predicted octanol–water partition coefficient (Wildman–Crippen LogP) is 3.62. The van der Waals surface area contributed by atoms with Crippen LogP contribution in [0.25, 0.3) is 11.0 Å². The Labute approximate surface area is 135 Å². The summed E-state index contributed by atoms with van der Waals surface area (Å²) in [5.41, 5.74) is 2.51. The first-order valence-corrected chi connectivity index (χ1v) is 7.54. The molecule has 1 N–H and O–H groups in total. The maximum Gasteiger partial charge on any atom is 0.336 e. The van der Waals surface area contributed by atoms with E-state index in [2.05, 4.69) is 6.58 Å². The Bertz CT molecular complexity index is 795. The summed E-state index contributed by atoms with van der Waals surface area (Å²) in [4.78, 5) is 11.6. The van der Waals surface area contributed by atoms with Crippen molar-refractivity contribution in [3.63, 3.8) is 0 Å². The Hall–Kier alpha value is -2.33. The van der Waals surface area contributed by atoms with Gasteiger partial charge < -0.3 is 14.3 Å². The minimum atomic E-state index is -0.725. The number of hydrogen-bond acceptors (Lipinski definition) is 4. The minimum Gasteiger partial charge on any atom is -0.489 e. The van der Waals surface area contributed by atoms with Gasteiger partial charge in [-0.05, 0) is 45.0 Å². The van der Waals surface area contributed by atoms with Crippen LogP contribution in [0.4, 0.5) is 0 Å². The molecule has 1 atom stereocenters. The first kappa shape index (κ1) is 17.0. The molecule has 0 aliphatic heterocycles. The molecule has 2 rings (SSSR count). The van der Waals surface area contributed by atoms with Crippen LogP contribution in [0.3, 0.4) is 0 Å². The summed E-state index contributed by atoms with van der Waals surface area (Å²) in [6, 6.07) is 6.76. The van der Waals surface area contributed by atoms with E-state index >= 15 is 0 Å². The van der Waals surface area contributed by atoms with E-state index in [-0.39, 0.29) is 6.42 Å². The summed E-state index contributed by atoms with van der Waals surface area (Å²) >= 11 is 0. The lowest BCUT2D eigenvalue weighted by Crippen LogP contribution is -2.13. The number of hydrogen-bond donors (Lipinski definition) is 1. The van der Waals surface area contributed by atoms with Crippen molar-refractivity contribution in [2.45, 2.75) is 33.3 Å². The van der Waals surface area contributed by atoms with Gasteiger partial charge in [-0.15, -0.1) is 0 Å². The van der Waals surface area contributed by atoms with Crippen LogP contribution in [0.1, 0.15) is 26.3 Å². The molecule has 122 valence electrons. The molecule has 23 heavy (non-hydrogen) atoms. The van der Waals surface area contributed by atoms with Gasteiger partial charge in [-0.3, -0.25) is 0 Å². The third-order valence-corrected chi connectivity index (χ3v) is 3.55. The van der Waals surface area contributed by atoms with Gasteiger partial charge in [0.1, 0.15) is 17.9 Å². The normalized spacial score (nSPS) is 12.0. The molecule has 0 radical (unpaired) electrons. The van der Waals surface area contributed by atoms with Gasteiger partial charge in [0, 0.05) is 23.4 Å². The molecule has 1 aromatic carbocycles. The molecule has 0 amide bonds. The second kappa shape index (κ2) is 7.29. The van der Waals surface area contributed by atoms with Crippen LogP contribution in [0.2, 0.25) is 0 Å². The van der Waals surface area contributed by atoms with E-state index < -0.39 is 11.7 Å². The lowest BCUT2D eigenvalue weighted by molar-refractivity contribution is 0.210. The Morgan fingerprint density at radius 3 is 2.65 bits per heavy atom. The van der Waals surface area contributed by atoms with Crippen molar-refractivity contribution in [1.29, 1.82) is 0 Å². The summed E-state index contributed by atoms with van der Waals surface area (Å²) in [7, 11) is 0. The molecule has 0 aliphatic rings. The van der Waals surface area contributed by atoms with Crippen molar-refractivity contribution in [1.82, 2.24) is 0 Å². The summed E-state index contributed by atoms with van der Waals surface area (Å²) < 4.78 is 11.1. The first-order valence-electron chi connectivity index (χ1n) is 7.54. The highest BCUT2D eigenvalue weighted by Gasteiger charge is 2.16. The zero-order valence-corrected chi connectivity index (χ0v) is 13.8. The lowest BCUT2D eigenvalue weighted by atomic mass is 10.0. The second-order valence-corrected chi connectivity index (χ2v) is 5.87. The Kier molecular flexibility index (Phi) is 5.40. The molecule has 1 aromatic heterocycles. The van der Waals surface area contributed by atoms with E-state index in [4.69, 9.17) is 9.15 Å². The van der Waals surface area contributed by atoms with Gasteiger partial charge in [0.05, 0.1) is 6.10 Å². The van der Waals surface area contributed by atoms with Gasteiger partial charge in [0.2, 0.25) is 0 Å². The minimum absolute atomic E-state index is 0.282. The maximum atomic E-state index is 11.6. The van der Waals surface area contributed by atoms with Crippen LogP contribution in [0.5, 0.6) is 5.75 Å². The quantitative estimate of drug-likeness (QED) is 0.653. The van der Waals surface area contributed by atoms with Gasteiger partial charge in [-0.25, -0.2) is 4.79 Å². The zero-order chi connectivity index (χ0) is 17.0. The van der Waals surface area contributed by atoms with Gasteiger partial charge in [-0.2, -0.15) is 0 Å². The van der Waals surface area contributed by atoms with Crippen LogP contribution in [0, 0.1) is 0 Å². The number of aliphatic hydroxyl groups is 1. The molecule has 0 saturated carbocycles. The standard InChI is InChI=1S/C19H22O4/c1-12(2)9-10-22-17-7-5-14-6-8-18(21)23-19(14)15(17)11-16(20)13(3)4/h5-9,16,20H,3,10-11H2,1-2,4H3/t16-/m1/s1. The van der Waals surface area contributed by atoms with Crippen LogP contribution >= 0.6 is 0 Å². The summed E-state index contributed by atoms with van der Waals surface area (Å²) in [5, 5.41) is 11.0. The molecular formula is C19H22O4. The highest BCUT2D eigenvalue weighted by Crippen LogP contribution is 2.29. The highest BCUT2D eigenvalue weighted by atomic mass is 16.5. The van der Waals surface area contributed by atoms with Crippen molar-refractivity contribution in [2.24, 2.45) is 0 Å². The largest absolute Gasteiger partial charge is 0.489 e. The fourth-order valence-corrected chi connectivity index (χ4v) is 2.17. The fourth-order valence-electron chi connectivity index (χ4n) is 2.17. The van der Waals surface area contributed by atoms with Gasteiger partial charge in [0.15, 0.2) is 0 Å². The second-order valence-electron chi connectivity index (χ2n) is 5.87. The van der Waals surface area contributed by atoms with Gasteiger partial charge in [0.25, 0.3) is 0 Å². The lowest BCUT2D eigenvalue weighted by Gasteiger charge is -2.16. The Morgan fingerprint density at radius 2 is 2.00 bits per heavy atom. The topological polar surface area (TPSA) is 59.7 Å². The molecule has 0 fully saturated rings. The monoisotopic (exact) mass is 314 g/mol. The predicted molar refractivity (Wildman–Crippen MR) is 91.9 cm³/mol. The molecule has 2 aromatic rings. The summed E-state index contributed by atoms with van der Waals surface area (Å²) in [6.45, 7) is 9.94. The molecule has 0 spiro atoms. The molecule has 0 bridgehead atoms. The molecule has 1 heterocycles. The number of rotatable bonds is 6. The van der Waals surface area contributed by atoms with Crippen LogP contribution in [-0.4, -0.2) is 17.8 Å². The zero-order valence-electron chi connectivity index (χ0n) is 13.8. The Morgan fingerprint density at radius 1 is 1.30 bits per heavy atom. The average Bonchev–Trinajstić information content (AvgIpc) is 2.48. The van der Waals surface area contributed by atoms with Crippen LogP contribution < -0.4 is 10.4 Å². The highest BCUT2D eigenvalue weighted by molar-refractivity contribution is 5.82. The SMILES string of the molecule is C=C(C)[C@H](O)Cc1c(OCC=C(C)C)ccc2ccc(=O)oc12. The van der Waals surface area contributed by atoms with E-state index in [1.807, 2.05) is 32.1 Å². The fraction of sp³-hybridized carbons (Fsp3) is 0.316. The van der Waals surface area contributed by atoms with Crippen molar-refractivity contribution in [2.75, 3.05) is 6.61 Å². The van der Waals surface area contributed by atoms with Crippen LogP contribution in [-0.2, 0) is 6.42 Å². The van der Waals surface area contributed by atoms with Crippen molar-refractivity contribution in [3.05, 3.63) is 64.1 Å². The molecular weight excluding hydrogens is 292 g/mol. The van der Waals surface area contributed by atoms with Crippen LogP contribution in [0.15, 0.2) is 57.3 Å². The third kappa shape index (κ3) is 4.33. The molecule has 0 unspecified atom stereocenters. The summed E-state index contributed by atoms with van der Waals surface area (Å²) in [6.07, 6.45) is 1.52. The third-order valence-electron chi connectivity index (χ3n) is 3.55. The number of fused-ring (bicyclic) bond motifs is 1. The van der Waals surface area contributed by atoms with Gasteiger partial charge in [-0.1, -0.05) is 17.7 Å². The number of benzene rings is 1.